The number of benzene rings is 1. The molecule has 3 aliphatic rings. The summed E-state index contributed by atoms with van der Waals surface area (Å²) in [5.41, 5.74) is -0.836. The summed E-state index contributed by atoms with van der Waals surface area (Å²) in [6, 6.07) is 12.2. The number of amides is 1. The van der Waals surface area contributed by atoms with E-state index >= 15 is 0 Å². The minimum atomic E-state index is -3.65. The van der Waals surface area contributed by atoms with Crippen LogP contribution in [0.3, 0.4) is 0 Å². The number of thiophene rings is 1. The number of hydrogen-bond acceptors (Lipinski definition) is 6. The van der Waals surface area contributed by atoms with Crippen molar-refractivity contribution in [2.75, 3.05) is 5.75 Å². The van der Waals surface area contributed by atoms with Gasteiger partial charge in [0, 0.05) is 0 Å². The van der Waals surface area contributed by atoms with Gasteiger partial charge in [-0.3, -0.25) is 10.3 Å². The molecule has 1 aliphatic heterocycles. The normalized spacial score (nSPS) is 23.6. The molecule has 9 heteroatoms. The quantitative estimate of drug-likeness (QED) is 0.349. The Morgan fingerprint density at radius 1 is 1.07 bits per heavy atom. The highest BCUT2D eigenvalue weighted by molar-refractivity contribution is 7.93. The fourth-order valence-electron chi connectivity index (χ4n) is 5.94. The van der Waals surface area contributed by atoms with Gasteiger partial charge in [-0.05, 0) is 71.4 Å². The SMILES string of the molecule is CC.CC(C)(C)OC(=O)NC1=N[C@](C)(c2sc(C#CC3(c4ccccc4)CCCC3)cc2Cl)CS(=O)(=O)C12CCC2. The van der Waals surface area contributed by atoms with E-state index in [0.29, 0.717) is 22.7 Å². The second-order valence-corrected chi connectivity index (χ2v) is 15.9. The molecule has 222 valence electrons. The molecule has 1 spiro atoms. The zero-order valence-electron chi connectivity index (χ0n) is 24.9. The lowest BCUT2D eigenvalue weighted by molar-refractivity contribution is 0.0559. The van der Waals surface area contributed by atoms with Gasteiger partial charge in [-0.2, -0.15) is 0 Å². The molecule has 41 heavy (non-hydrogen) atoms. The van der Waals surface area contributed by atoms with Crippen LogP contribution in [0.5, 0.6) is 0 Å². The number of carbonyl (C=O) groups is 1. The topological polar surface area (TPSA) is 84.8 Å². The van der Waals surface area contributed by atoms with Crippen LogP contribution in [0.25, 0.3) is 0 Å². The van der Waals surface area contributed by atoms with Gasteiger partial charge in [-0.15, -0.1) is 11.3 Å². The highest BCUT2D eigenvalue weighted by Gasteiger charge is 2.59. The molecule has 2 saturated carbocycles. The van der Waals surface area contributed by atoms with Crippen LogP contribution in [0.4, 0.5) is 4.79 Å². The second-order valence-electron chi connectivity index (χ2n) is 12.2. The summed E-state index contributed by atoms with van der Waals surface area (Å²) in [5, 5.41) is 3.14. The average Bonchev–Trinajstić information content (AvgIpc) is 3.49. The Labute approximate surface area is 254 Å². The highest BCUT2D eigenvalue weighted by Crippen LogP contribution is 2.50. The minimum absolute atomic E-state index is 0.155. The first-order chi connectivity index (χ1) is 19.3. The third kappa shape index (κ3) is 6.23. The maximum absolute atomic E-state index is 13.7. The Morgan fingerprint density at radius 2 is 1.71 bits per heavy atom. The van der Waals surface area contributed by atoms with Crippen LogP contribution in [0.2, 0.25) is 5.02 Å². The molecule has 2 aliphatic carbocycles. The van der Waals surface area contributed by atoms with E-state index in [-0.39, 0.29) is 17.0 Å². The summed E-state index contributed by atoms with van der Waals surface area (Å²) >= 11 is 8.11. The van der Waals surface area contributed by atoms with Gasteiger partial charge in [0.2, 0.25) is 0 Å². The van der Waals surface area contributed by atoms with Gasteiger partial charge >= 0.3 is 6.09 Å². The number of carbonyl (C=O) groups excluding carboxylic acids is 1. The van der Waals surface area contributed by atoms with Gasteiger partial charge in [0.1, 0.15) is 21.7 Å². The molecule has 0 radical (unpaired) electrons. The Kier molecular flexibility index (Phi) is 9.05. The Balaban J connectivity index is 0.00000189. The molecule has 2 fully saturated rings. The third-order valence-corrected chi connectivity index (χ3v) is 12.5. The largest absolute Gasteiger partial charge is 0.444 e. The van der Waals surface area contributed by atoms with Crippen LogP contribution < -0.4 is 5.32 Å². The zero-order chi connectivity index (χ0) is 30.1. The average molecular weight is 617 g/mol. The molecule has 1 atom stereocenters. The monoisotopic (exact) mass is 616 g/mol. The summed E-state index contributed by atoms with van der Waals surface area (Å²) in [5.74, 6) is 6.91. The lowest BCUT2D eigenvalue weighted by Crippen LogP contribution is -2.63. The van der Waals surface area contributed by atoms with Crippen molar-refractivity contribution < 1.29 is 17.9 Å². The predicted octanol–water partition coefficient (Wildman–Crippen LogP) is 7.78. The predicted molar refractivity (Wildman–Crippen MR) is 169 cm³/mol. The van der Waals surface area contributed by atoms with Gasteiger partial charge in [0.25, 0.3) is 0 Å². The number of rotatable bonds is 2. The number of hydrogen-bond donors (Lipinski definition) is 1. The van der Waals surface area contributed by atoms with Crippen molar-refractivity contribution in [2.24, 2.45) is 4.99 Å². The molecular weight excluding hydrogens is 576 g/mol. The summed E-state index contributed by atoms with van der Waals surface area (Å²) < 4.78 is 31.7. The fraction of sp³-hybridized carbons (Fsp3) is 0.562. The van der Waals surface area contributed by atoms with Crippen molar-refractivity contribution in [3.8, 4) is 11.8 Å². The molecule has 1 N–H and O–H groups in total. The first kappa shape index (κ1) is 31.6. The van der Waals surface area contributed by atoms with Gasteiger partial charge in [-0.25, -0.2) is 13.2 Å². The van der Waals surface area contributed by atoms with Crippen LogP contribution in [-0.2, 0) is 25.5 Å². The number of halogens is 1. The maximum atomic E-state index is 13.7. The lowest BCUT2D eigenvalue weighted by atomic mass is 9.79. The van der Waals surface area contributed by atoms with Crippen LogP contribution in [0, 0.1) is 11.8 Å². The van der Waals surface area contributed by atoms with Gasteiger partial charge in [0.15, 0.2) is 9.84 Å². The smallest absolute Gasteiger partial charge is 0.413 e. The zero-order valence-corrected chi connectivity index (χ0v) is 27.3. The van der Waals surface area contributed by atoms with E-state index in [1.807, 2.05) is 26.0 Å². The van der Waals surface area contributed by atoms with Crippen molar-refractivity contribution in [3.63, 3.8) is 0 Å². The number of aliphatic imine (C=N–C) groups is 1. The van der Waals surface area contributed by atoms with Crippen LogP contribution in [0.15, 0.2) is 41.4 Å². The highest BCUT2D eigenvalue weighted by atomic mass is 35.5. The molecule has 0 bridgehead atoms. The van der Waals surface area contributed by atoms with Gasteiger partial charge in [0.05, 0.1) is 25.9 Å². The van der Waals surface area contributed by atoms with Crippen LogP contribution in [0.1, 0.15) is 102 Å². The van der Waals surface area contributed by atoms with Crippen molar-refractivity contribution in [3.05, 3.63) is 56.7 Å². The van der Waals surface area contributed by atoms with Crippen molar-refractivity contribution >= 4 is 44.7 Å². The first-order valence-electron chi connectivity index (χ1n) is 14.5. The number of nitrogens with one attached hydrogen (secondary N) is 1. The molecule has 1 amide bonds. The van der Waals surface area contributed by atoms with Gasteiger partial charge < -0.3 is 4.74 Å². The van der Waals surface area contributed by atoms with E-state index in [1.165, 1.54) is 16.9 Å². The number of amidine groups is 1. The molecule has 2 aromatic rings. The molecular formula is C32H41ClN2O4S2. The van der Waals surface area contributed by atoms with E-state index in [0.717, 1.165) is 37.0 Å². The molecule has 6 nitrogen and oxygen atoms in total. The first-order valence-corrected chi connectivity index (χ1v) is 17.3. The summed E-state index contributed by atoms with van der Waals surface area (Å²) in [4.78, 5) is 19.0. The van der Waals surface area contributed by atoms with E-state index < -0.39 is 31.8 Å². The van der Waals surface area contributed by atoms with E-state index in [2.05, 4.69) is 41.4 Å². The Morgan fingerprint density at radius 3 is 2.27 bits per heavy atom. The summed E-state index contributed by atoms with van der Waals surface area (Å²) in [6.45, 7) is 11.0. The molecule has 5 rings (SSSR count). The van der Waals surface area contributed by atoms with Crippen LogP contribution in [-0.4, -0.2) is 36.4 Å². The molecule has 0 unspecified atom stereocenters. The lowest BCUT2D eigenvalue weighted by Gasteiger charge is -2.47. The molecule has 1 aromatic carbocycles. The molecule has 0 saturated heterocycles. The van der Waals surface area contributed by atoms with Crippen LogP contribution >= 0.6 is 22.9 Å². The summed E-state index contributed by atoms with van der Waals surface area (Å²) in [7, 11) is -3.65. The van der Waals surface area contributed by atoms with Crippen molar-refractivity contribution in [1.82, 2.24) is 5.32 Å². The second kappa shape index (κ2) is 11.7. The molecule has 1 aromatic heterocycles. The number of sulfone groups is 1. The standard InChI is InChI=1S/C30H35ClN2O4S2.C2H6/c1-27(2,3)37-26(34)32-25-30(16-10-17-30)39(35,36)20-28(4,33-25)24-23(31)19-22(38-24)13-18-29(14-8-9-15-29)21-11-6-5-7-12-21;1-2/h5-7,11-12,19H,8-10,14-17,20H2,1-4H3,(H,32,33,34);1-2H3/t28-;/m0./s1. The Hall–Kier alpha value is -2.34. The molecule has 2 heterocycles. The van der Waals surface area contributed by atoms with E-state index in [1.54, 1.807) is 27.7 Å². The van der Waals surface area contributed by atoms with Gasteiger partial charge in [-0.1, -0.05) is 80.5 Å². The number of alkyl carbamates (subject to hydrolysis) is 1. The Bertz CT molecular complexity index is 1470. The minimum Gasteiger partial charge on any atom is -0.444 e. The van der Waals surface area contributed by atoms with E-state index in [4.69, 9.17) is 21.3 Å². The van der Waals surface area contributed by atoms with Crippen molar-refractivity contribution in [1.29, 1.82) is 0 Å². The maximum Gasteiger partial charge on any atom is 0.413 e. The number of nitrogens with zero attached hydrogens (tertiary/aromatic N) is 1. The fourth-order valence-corrected chi connectivity index (χ4v) is 10.0. The van der Waals surface area contributed by atoms with E-state index in [9.17, 15) is 13.2 Å². The number of ether oxygens (including phenoxy) is 1. The summed E-state index contributed by atoms with van der Waals surface area (Å²) in [6.07, 6.45) is 5.20. The van der Waals surface area contributed by atoms with Crippen molar-refractivity contribution in [2.45, 2.75) is 108 Å². The third-order valence-electron chi connectivity index (χ3n) is 8.02.